The second-order valence-corrected chi connectivity index (χ2v) is 7.53. The summed E-state index contributed by atoms with van der Waals surface area (Å²) in [5.74, 6) is -0.0350. The molecule has 26 heavy (non-hydrogen) atoms. The summed E-state index contributed by atoms with van der Waals surface area (Å²) in [5, 5.41) is 14.7. The van der Waals surface area contributed by atoms with E-state index in [2.05, 4.69) is 15.5 Å². The first kappa shape index (κ1) is 18.0. The molecule has 1 aromatic heterocycles. The highest BCUT2D eigenvalue weighted by Gasteiger charge is 2.08. The number of aromatic nitrogens is 1. The number of non-ortho nitro benzene ring substituents is 1. The Bertz CT molecular complexity index is 950. The van der Waals surface area contributed by atoms with Crippen LogP contribution in [0.15, 0.2) is 58.0 Å². The maximum absolute atomic E-state index is 12.0. The Labute approximate surface area is 157 Å². The molecule has 0 aliphatic heterocycles. The molecule has 1 amide bonds. The van der Waals surface area contributed by atoms with E-state index in [0.29, 0.717) is 11.3 Å². The van der Waals surface area contributed by atoms with Crippen molar-refractivity contribution in [2.75, 3.05) is 5.75 Å². The monoisotopic (exact) mass is 386 g/mol. The van der Waals surface area contributed by atoms with Crippen molar-refractivity contribution in [3.63, 3.8) is 0 Å². The molecule has 0 saturated heterocycles. The maximum atomic E-state index is 12.0. The lowest BCUT2D eigenvalue weighted by molar-refractivity contribution is -0.384. The van der Waals surface area contributed by atoms with Gasteiger partial charge in [-0.1, -0.05) is 23.9 Å². The van der Waals surface area contributed by atoms with Crippen LogP contribution < -0.4 is 5.43 Å². The summed E-state index contributed by atoms with van der Waals surface area (Å²) in [4.78, 5) is 26.6. The van der Waals surface area contributed by atoms with E-state index >= 15 is 0 Å². The number of thioether (sulfide) groups is 1. The largest absolute Gasteiger partial charge is 0.272 e. The Morgan fingerprint density at radius 2 is 2.00 bits per heavy atom. The third kappa shape index (κ3) is 4.44. The van der Waals surface area contributed by atoms with Gasteiger partial charge in [0.2, 0.25) is 0 Å². The van der Waals surface area contributed by atoms with Crippen LogP contribution in [0.2, 0.25) is 0 Å². The van der Waals surface area contributed by atoms with Crippen molar-refractivity contribution >= 4 is 50.6 Å². The minimum atomic E-state index is -0.461. The molecule has 9 heteroatoms. The summed E-state index contributed by atoms with van der Waals surface area (Å²) < 4.78 is 1.92. The minimum absolute atomic E-state index is 0.0119. The number of nitro groups is 1. The van der Waals surface area contributed by atoms with Gasteiger partial charge in [0.25, 0.3) is 11.6 Å². The Balaban J connectivity index is 1.55. The van der Waals surface area contributed by atoms with Crippen molar-refractivity contribution in [2.45, 2.75) is 11.3 Å². The molecule has 1 heterocycles. The van der Waals surface area contributed by atoms with Gasteiger partial charge in [-0.3, -0.25) is 14.9 Å². The maximum Gasteiger partial charge on any atom is 0.269 e. The Hall–Kier alpha value is -2.78. The third-order valence-corrected chi connectivity index (χ3v) is 5.62. The molecular weight excluding hydrogens is 372 g/mol. The van der Waals surface area contributed by atoms with Crippen molar-refractivity contribution < 1.29 is 9.72 Å². The topological polar surface area (TPSA) is 97.5 Å². The number of amides is 1. The number of carbonyl (C=O) groups is 1. The predicted octanol–water partition coefficient (Wildman–Crippen LogP) is 3.84. The van der Waals surface area contributed by atoms with Crippen LogP contribution in [0.3, 0.4) is 0 Å². The lowest BCUT2D eigenvalue weighted by atomic mass is 10.1. The summed E-state index contributed by atoms with van der Waals surface area (Å²) in [7, 11) is 0. The number of rotatable bonds is 6. The third-order valence-electron chi connectivity index (χ3n) is 3.45. The molecule has 3 aromatic rings. The number of fused-ring (bicyclic) bond motifs is 1. The van der Waals surface area contributed by atoms with Gasteiger partial charge < -0.3 is 0 Å². The molecule has 0 aliphatic carbocycles. The highest BCUT2D eigenvalue weighted by molar-refractivity contribution is 8.01. The van der Waals surface area contributed by atoms with E-state index in [4.69, 9.17) is 0 Å². The van der Waals surface area contributed by atoms with Gasteiger partial charge in [-0.05, 0) is 36.8 Å². The zero-order valence-corrected chi connectivity index (χ0v) is 15.3. The molecule has 0 atom stereocenters. The normalized spacial score (nSPS) is 11.5. The molecule has 0 bridgehead atoms. The first-order valence-electron chi connectivity index (χ1n) is 7.59. The first-order valence-corrected chi connectivity index (χ1v) is 9.39. The van der Waals surface area contributed by atoms with E-state index in [1.54, 1.807) is 30.4 Å². The summed E-state index contributed by atoms with van der Waals surface area (Å²) >= 11 is 2.90. The number of carbonyl (C=O) groups excluding carboxylic acids is 1. The number of hydrogen-bond acceptors (Lipinski definition) is 7. The van der Waals surface area contributed by atoms with Crippen LogP contribution in [0.4, 0.5) is 5.69 Å². The number of thiazole rings is 1. The molecule has 0 fully saturated rings. The molecule has 0 spiro atoms. The first-order chi connectivity index (χ1) is 12.5. The van der Waals surface area contributed by atoms with Crippen molar-refractivity contribution in [1.82, 2.24) is 10.4 Å². The highest BCUT2D eigenvalue weighted by Crippen LogP contribution is 2.29. The summed E-state index contributed by atoms with van der Waals surface area (Å²) in [6.07, 6.45) is 0. The van der Waals surface area contributed by atoms with Crippen LogP contribution in [0.5, 0.6) is 0 Å². The van der Waals surface area contributed by atoms with E-state index < -0.39 is 4.92 Å². The van der Waals surface area contributed by atoms with Crippen molar-refractivity contribution in [2.24, 2.45) is 5.10 Å². The lowest BCUT2D eigenvalue weighted by Gasteiger charge is -2.02. The van der Waals surface area contributed by atoms with E-state index in [-0.39, 0.29) is 17.3 Å². The molecular formula is C17H14N4O3S2. The molecule has 0 unspecified atom stereocenters. The Morgan fingerprint density at radius 1 is 1.27 bits per heavy atom. The van der Waals surface area contributed by atoms with E-state index in [1.165, 1.54) is 23.9 Å². The van der Waals surface area contributed by atoms with Gasteiger partial charge in [0.15, 0.2) is 4.34 Å². The fraction of sp³-hybridized carbons (Fsp3) is 0.118. The fourth-order valence-corrected chi connectivity index (χ4v) is 3.97. The Kier molecular flexibility index (Phi) is 5.59. The van der Waals surface area contributed by atoms with Crippen molar-refractivity contribution in [1.29, 1.82) is 0 Å². The number of benzene rings is 2. The SMILES string of the molecule is C/C(=N/NC(=O)CSc1nc2ccccc2s1)c1ccc([N+](=O)[O-])cc1. The van der Waals surface area contributed by atoms with Crippen LogP contribution in [0.25, 0.3) is 10.2 Å². The lowest BCUT2D eigenvalue weighted by Crippen LogP contribution is -2.21. The van der Waals surface area contributed by atoms with Crippen LogP contribution in [-0.2, 0) is 4.79 Å². The molecule has 0 saturated carbocycles. The Morgan fingerprint density at radius 3 is 2.69 bits per heavy atom. The zero-order chi connectivity index (χ0) is 18.5. The van der Waals surface area contributed by atoms with Gasteiger partial charge >= 0.3 is 0 Å². The van der Waals surface area contributed by atoms with Gasteiger partial charge in [-0.25, -0.2) is 10.4 Å². The van der Waals surface area contributed by atoms with Crippen molar-refractivity contribution in [3.05, 3.63) is 64.2 Å². The molecule has 0 aliphatic rings. The van der Waals surface area contributed by atoms with Gasteiger partial charge in [0.1, 0.15) is 0 Å². The number of hydrogen-bond donors (Lipinski definition) is 1. The number of hydrazone groups is 1. The van der Waals surface area contributed by atoms with E-state index in [1.807, 2.05) is 24.3 Å². The molecule has 3 rings (SSSR count). The van der Waals surface area contributed by atoms with Crippen molar-refractivity contribution in [3.8, 4) is 0 Å². The molecule has 7 nitrogen and oxygen atoms in total. The molecule has 0 radical (unpaired) electrons. The van der Waals surface area contributed by atoms with Gasteiger partial charge in [0, 0.05) is 12.1 Å². The van der Waals surface area contributed by atoms with Crippen LogP contribution in [0, 0.1) is 10.1 Å². The van der Waals surface area contributed by atoms with E-state index in [9.17, 15) is 14.9 Å². The van der Waals surface area contributed by atoms with Gasteiger partial charge in [-0.2, -0.15) is 5.10 Å². The summed E-state index contributed by atoms with van der Waals surface area (Å²) in [5.41, 5.74) is 4.70. The smallest absolute Gasteiger partial charge is 0.269 e. The minimum Gasteiger partial charge on any atom is -0.272 e. The second kappa shape index (κ2) is 8.07. The second-order valence-electron chi connectivity index (χ2n) is 5.27. The summed E-state index contributed by atoms with van der Waals surface area (Å²) in [6.45, 7) is 1.72. The van der Waals surface area contributed by atoms with E-state index in [0.717, 1.165) is 14.6 Å². The quantitative estimate of drug-likeness (QED) is 0.300. The number of nitro benzene ring substituents is 1. The predicted molar refractivity (Wildman–Crippen MR) is 104 cm³/mol. The van der Waals surface area contributed by atoms with Crippen LogP contribution >= 0.6 is 23.1 Å². The fourth-order valence-electron chi connectivity index (χ4n) is 2.11. The number of nitrogens with zero attached hydrogens (tertiary/aromatic N) is 3. The van der Waals surface area contributed by atoms with Crippen LogP contribution in [0.1, 0.15) is 12.5 Å². The standard InChI is InChI=1S/C17H14N4O3S2/c1-11(12-6-8-13(9-7-12)21(23)24)19-20-16(22)10-25-17-18-14-4-2-3-5-15(14)26-17/h2-9H,10H2,1H3,(H,20,22)/b19-11-. The van der Waals surface area contributed by atoms with Crippen LogP contribution in [-0.4, -0.2) is 27.3 Å². The number of nitrogens with one attached hydrogen (secondary N) is 1. The average molecular weight is 386 g/mol. The molecule has 1 N–H and O–H groups in total. The average Bonchev–Trinajstić information content (AvgIpc) is 3.07. The molecule has 2 aromatic carbocycles. The van der Waals surface area contributed by atoms with Gasteiger partial charge in [-0.15, -0.1) is 11.3 Å². The highest BCUT2D eigenvalue weighted by atomic mass is 32.2. The summed E-state index contributed by atoms with van der Waals surface area (Å²) in [6, 6.07) is 13.8. The number of para-hydroxylation sites is 1. The molecule has 132 valence electrons. The zero-order valence-electron chi connectivity index (χ0n) is 13.7. The van der Waals surface area contributed by atoms with Gasteiger partial charge in [0.05, 0.1) is 26.6 Å².